The molecule has 0 spiro atoms. The van der Waals surface area contributed by atoms with Crippen molar-refractivity contribution in [1.29, 1.82) is 0 Å². The van der Waals surface area contributed by atoms with Crippen LogP contribution in [0.5, 0.6) is 0 Å². The molecule has 14 rings (SSSR count). The number of thiophene rings is 1. The van der Waals surface area contributed by atoms with Crippen LogP contribution in [-0.2, 0) is 10.8 Å². The first-order chi connectivity index (χ1) is 34.9. The zero-order valence-electron chi connectivity index (χ0n) is 39.9. The van der Waals surface area contributed by atoms with E-state index < -0.39 is 0 Å². The van der Waals surface area contributed by atoms with Crippen LogP contribution in [0, 0.1) is 0 Å². The monoisotopic (exact) mass is 923 g/mol. The minimum Gasteiger partial charge on any atom is -0.310 e. The van der Waals surface area contributed by atoms with E-state index in [4.69, 9.17) is 0 Å². The number of rotatable bonds is 7. The molecule has 0 radical (unpaired) electrons. The van der Waals surface area contributed by atoms with Gasteiger partial charge in [0, 0.05) is 47.9 Å². The molecule has 1 aromatic heterocycles. The molecule has 0 amide bonds. The summed E-state index contributed by atoms with van der Waals surface area (Å²) in [5.74, 6) is 0. The molecular weight excluding hydrogens is 875 g/mol. The maximum atomic E-state index is 2.47. The standard InChI is InChI=1S/C69H49NS/c1-68(2)61-28-12-9-22-54(61)57-25-16-26-58(65(57)68)56-23-11-14-30-64(56)70(50-39-33-46(34-40-50)52-24-15-27-59-60-42-35-45-17-7-8-20-51(45)67(60)71-66(52)59)49-37-31-44(32-38-49)47-36-41-55-53-21-10-13-29-62(53)69(3,63(55)43-47)48-18-5-4-6-19-48/h4-43H,1-3H3. The zero-order valence-corrected chi connectivity index (χ0v) is 40.8. The first-order valence-corrected chi connectivity index (χ1v) is 25.6. The highest BCUT2D eigenvalue weighted by Gasteiger charge is 2.41. The molecule has 2 heteroatoms. The lowest BCUT2D eigenvalue weighted by Gasteiger charge is -2.30. The van der Waals surface area contributed by atoms with Crippen LogP contribution in [-0.4, -0.2) is 0 Å². The molecule has 0 saturated carbocycles. The number of para-hydroxylation sites is 1. The van der Waals surface area contributed by atoms with Crippen LogP contribution in [0.4, 0.5) is 17.1 Å². The van der Waals surface area contributed by atoms with Gasteiger partial charge in [0.2, 0.25) is 0 Å². The lowest BCUT2D eigenvalue weighted by molar-refractivity contribution is 0.662. The van der Waals surface area contributed by atoms with Gasteiger partial charge in [0.15, 0.2) is 0 Å². The van der Waals surface area contributed by atoms with Crippen LogP contribution in [0.15, 0.2) is 243 Å². The fraction of sp³-hybridized carbons (Fsp3) is 0.0725. The second kappa shape index (κ2) is 15.9. The summed E-state index contributed by atoms with van der Waals surface area (Å²) in [6, 6.07) is 90.6. The van der Waals surface area contributed by atoms with Crippen LogP contribution in [0.3, 0.4) is 0 Å². The van der Waals surface area contributed by atoms with Gasteiger partial charge >= 0.3 is 0 Å². The van der Waals surface area contributed by atoms with E-state index in [1.165, 1.54) is 114 Å². The number of hydrogen-bond acceptors (Lipinski definition) is 2. The largest absolute Gasteiger partial charge is 0.310 e. The van der Waals surface area contributed by atoms with Crippen LogP contribution >= 0.6 is 11.3 Å². The molecule has 0 fully saturated rings. The molecule has 336 valence electrons. The Morgan fingerprint density at radius 3 is 1.65 bits per heavy atom. The van der Waals surface area contributed by atoms with Gasteiger partial charge in [-0.3, -0.25) is 0 Å². The average molecular weight is 924 g/mol. The van der Waals surface area contributed by atoms with Gasteiger partial charge < -0.3 is 4.90 Å². The molecule has 0 saturated heterocycles. The molecule has 2 aliphatic rings. The highest BCUT2D eigenvalue weighted by atomic mass is 32.1. The minimum atomic E-state index is -0.264. The van der Waals surface area contributed by atoms with Gasteiger partial charge in [0.25, 0.3) is 0 Å². The Morgan fingerprint density at radius 1 is 0.338 bits per heavy atom. The van der Waals surface area contributed by atoms with Gasteiger partial charge in [-0.05, 0) is 132 Å². The quantitative estimate of drug-likeness (QED) is 0.154. The van der Waals surface area contributed by atoms with E-state index in [-0.39, 0.29) is 10.8 Å². The Bertz CT molecular complexity index is 4080. The van der Waals surface area contributed by atoms with E-state index >= 15 is 0 Å². The smallest absolute Gasteiger partial charge is 0.0540 e. The number of fused-ring (bicyclic) bond motifs is 11. The number of benzene rings is 11. The summed E-state index contributed by atoms with van der Waals surface area (Å²) in [5, 5.41) is 5.23. The van der Waals surface area contributed by atoms with Crippen LogP contribution in [0.25, 0.3) is 86.6 Å². The minimum absolute atomic E-state index is 0.169. The van der Waals surface area contributed by atoms with E-state index in [1.807, 2.05) is 11.3 Å². The molecule has 1 heterocycles. The maximum Gasteiger partial charge on any atom is 0.0540 e. The fourth-order valence-corrected chi connectivity index (χ4v) is 13.9. The number of anilines is 3. The van der Waals surface area contributed by atoms with Gasteiger partial charge in [-0.1, -0.05) is 220 Å². The predicted molar refractivity (Wildman–Crippen MR) is 303 cm³/mol. The zero-order chi connectivity index (χ0) is 47.4. The van der Waals surface area contributed by atoms with E-state index in [9.17, 15) is 0 Å². The third kappa shape index (κ3) is 6.24. The highest BCUT2D eigenvalue weighted by Crippen LogP contribution is 2.55. The first-order valence-electron chi connectivity index (χ1n) is 24.8. The molecule has 11 aromatic carbocycles. The maximum absolute atomic E-state index is 2.47. The van der Waals surface area contributed by atoms with Crippen molar-refractivity contribution in [1.82, 2.24) is 0 Å². The van der Waals surface area contributed by atoms with Crippen molar-refractivity contribution >= 4 is 59.3 Å². The summed E-state index contributed by atoms with van der Waals surface area (Å²) in [6.07, 6.45) is 0. The van der Waals surface area contributed by atoms with Crippen LogP contribution in [0.1, 0.15) is 48.6 Å². The van der Waals surface area contributed by atoms with Crippen molar-refractivity contribution < 1.29 is 0 Å². The van der Waals surface area contributed by atoms with Crippen LogP contribution < -0.4 is 4.90 Å². The highest BCUT2D eigenvalue weighted by molar-refractivity contribution is 7.27. The molecule has 71 heavy (non-hydrogen) atoms. The molecule has 0 bridgehead atoms. The van der Waals surface area contributed by atoms with Crippen molar-refractivity contribution in [2.45, 2.75) is 31.6 Å². The summed E-state index contributed by atoms with van der Waals surface area (Å²) in [4.78, 5) is 2.47. The molecule has 1 nitrogen and oxygen atoms in total. The summed E-state index contributed by atoms with van der Waals surface area (Å²) < 4.78 is 2.67. The molecule has 12 aromatic rings. The summed E-state index contributed by atoms with van der Waals surface area (Å²) in [6.45, 7) is 7.17. The summed E-state index contributed by atoms with van der Waals surface area (Å²) >= 11 is 1.91. The van der Waals surface area contributed by atoms with E-state index in [2.05, 4.69) is 268 Å². The third-order valence-electron chi connectivity index (χ3n) is 16.0. The van der Waals surface area contributed by atoms with Gasteiger partial charge in [0.05, 0.1) is 5.69 Å². The fourth-order valence-electron chi connectivity index (χ4n) is 12.5. The van der Waals surface area contributed by atoms with Crippen molar-refractivity contribution in [3.63, 3.8) is 0 Å². The van der Waals surface area contributed by atoms with Crippen LogP contribution in [0.2, 0.25) is 0 Å². The Hall–Kier alpha value is -8.30. The van der Waals surface area contributed by atoms with Crippen molar-refractivity contribution in [2.75, 3.05) is 4.90 Å². The molecule has 1 atom stereocenters. The van der Waals surface area contributed by atoms with Gasteiger partial charge in [-0.25, -0.2) is 0 Å². The SMILES string of the molecule is CC1(C)c2ccccc2-c2cccc(-c3ccccc3N(c3ccc(-c4ccc5c(c4)C(C)(c4ccccc4)c4ccccc4-5)cc3)c3ccc(-c4cccc5c4sc4c6ccccc6ccc54)cc3)c21. The normalized spacial score (nSPS) is 15.1. The second-order valence-corrected chi connectivity index (χ2v) is 21.1. The van der Waals surface area contributed by atoms with E-state index in [1.54, 1.807) is 0 Å². The molecule has 2 aliphatic carbocycles. The summed E-state index contributed by atoms with van der Waals surface area (Å²) in [5.41, 5.74) is 22.3. The second-order valence-electron chi connectivity index (χ2n) is 20.1. The van der Waals surface area contributed by atoms with Gasteiger partial charge in [0.1, 0.15) is 0 Å². The number of nitrogens with zero attached hydrogens (tertiary/aromatic N) is 1. The summed E-state index contributed by atoms with van der Waals surface area (Å²) in [7, 11) is 0. The average Bonchev–Trinajstić information content (AvgIpc) is 4.03. The Morgan fingerprint density at radius 2 is 0.873 bits per heavy atom. The lowest BCUT2D eigenvalue weighted by Crippen LogP contribution is -2.22. The van der Waals surface area contributed by atoms with E-state index in [0.717, 1.165) is 17.1 Å². The third-order valence-corrected chi connectivity index (χ3v) is 17.3. The Balaban J connectivity index is 0.907. The van der Waals surface area contributed by atoms with Crippen molar-refractivity contribution in [3.8, 4) is 55.6 Å². The Kier molecular flexibility index (Phi) is 9.31. The first kappa shape index (κ1) is 41.7. The molecule has 1 unspecified atom stereocenters. The molecular formula is C69H49NS. The molecule has 0 N–H and O–H groups in total. The molecule has 0 aliphatic heterocycles. The lowest BCUT2D eigenvalue weighted by atomic mass is 9.74. The Labute approximate surface area is 419 Å². The van der Waals surface area contributed by atoms with E-state index in [0.29, 0.717) is 0 Å². The van der Waals surface area contributed by atoms with Crippen molar-refractivity contribution in [2.24, 2.45) is 0 Å². The van der Waals surface area contributed by atoms with Gasteiger partial charge in [-0.2, -0.15) is 0 Å². The van der Waals surface area contributed by atoms with Gasteiger partial charge in [-0.15, -0.1) is 11.3 Å². The number of hydrogen-bond donors (Lipinski definition) is 0. The topological polar surface area (TPSA) is 3.24 Å². The van der Waals surface area contributed by atoms with Crippen molar-refractivity contribution in [3.05, 3.63) is 270 Å². The predicted octanol–water partition coefficient (Wildman–Crippen LogP) is 19.3.